The molecule has 0 atom stereocenters. The van der Waals surface area contributed by atoms with Gasteiger partial charge in [-0.1, -0.05) is 30.3 Å². The van der Waals surface area contributed by atoms with Crippen LogP contribution < -0.4 is 0 Å². The second-order valence-electron chi connectivity index (χ2n) is 4.74. The van der Waals surface area contributed by atoms with Crippen LogP contribution in [0.25, 0.3) is 16.9 Å². The van der Waals surface area contributed by atoms with Gasteiger partial charge >= 0.3 is 65.1 Å². The summed E-state index contributed by atoms with van der Waals surface area (Å²) in [6.45, 7) is 1.67. The molecule has 8 heteroatoms. The second-order valence-corrected chi connectivity index (χ2v) is 4.74. The van der Waals surface area contributed by atoms with Crippen LogP contribution in [0.1, 0.15) is 11.3 Å². The number of carboxylic acid groups (broad SMARTS) is 1. The van der Waals surface area contributed by atoms with E-state index in [0.29, 0.717) is 17.0 Å². The summed E-state index contributed by atoms with van der Waals surface area (Å²) >= 11 is 0. The maximum atomic E-state index is 10.9. The van der Waals surface area contributed by atoms with Crippen LogP contribution in [0.4, 0.5) is 0 Å². The zero-order valence-electron chi connectivity index (χ0n) is 11.3. The Bertz CT molecular complexity index is 835. The Kier molecular flexibility index (Phi) is 7.26. The number of aliphatic carboxylic acids is 1. The summed E-state index contributed by atoms with van der Waals surface area (Å²) < 4.78 is 1.27. The van der Waals surface area contributed by atoms with Crippen LogP contribution in [-0.4, -0.2) is 89.9 Å². The topological polar surface area (TPSA) is 87.7 Å². The van der Waals surface area contributed by atoms with Crippen molar-refractivity contribution in [2.45, 2.75) is 13.3 Å². The van der Waals surface area contributed by atoms with Gasteiger partial charge in [-0.3, -0.25) is 4.79 Å². The fourth-order valence-electron chi connectivity index (χ4n) is 2.24. The number of hydrogen-bond donors (Lipinski definition) is 2. The molecule has 0 bridgehead atoms. The molecule has 0 fully saturated rings. The van der Waals surface area contributed by atoms with Gasteiger partial charge in [-0.2, -0.15) is 9.61 Å². The Balaban J connectivity index is 0.00000132. The number of nitrogens with zero attached hydrogens (tertiary/aromatic N) is 3. The minimum absolute atomic E-state index is 0. The average molecular weight is 331 g/mol. The van der Waals surface area contributed by atoms with Crippen LogP contribution in [0.15, 0.2) is 36.4 Å². The van der Waals surface area contributed by atoms with Gasteiger partial charge in [0.1, 0.15) is 0 Å². The molecule has 0 radical (unpaired) electrons. The van der Waals surface area contributed by atoms with Crippen molar-refractivity contribution in [2.75, 3.05) is 0 Å². The van der Waals surface area contributed by atoms with Gasteiger partial charge in [0.05, 0.1) is 12.1 Å². The number of rotatable bonds is 3. The van der Waals surface area contributed by atoms with Gasteiger partial charge in [0, 0.05) is 22.9 Å². The molecule has 3 aromatic rings. The quantitative estimate of drug-likeness (QED) is 0.691. The average Bonchev–Trinajstić information content (AvgIpc) is 2.88. The van der Waals surface area contributed by atoms with Crippen molar-refractivity contribution in [1.29, 1.82) is 0 Å². The van der Waals surface area contributed by atoms with E-state index in [-0.39, 0.29) is 77.0 Å². The molecule has 0 aliphatic rings. The predicted molar refractivity (Wildman–Crippen MR) is 90.5 cm³/mol. The maximum absolute atomic E-state index is 10.9. The second kappa shape index (κ2) is 8.28. The molecule has 0 aliphatic carbocycles. The summed E-state index contributed by atoms with van der Waals surface area (Å²) in [4.78, 5) is 15.2. The van der Waals surface area contributed by atoms with E-state index in [1.165, 1.54) is 4.52 Å². The normalized spacial score (nSPS) is 9.96. The van der Waals surface area contributed by atoms with Crippen LogP contribution in [-0.2, 0) is 11.2 Å². The Morgan fingerprint density at radius 2 is 1.87 bits per heavy atom. The molecule has 0 unspecified atom stereocenters. The predicted octanol–water partition coefficient (Wildman–Crippen LogP) is 0.740. The summed E-state index contributed by atoms with van der Waals surface area (Å²) in [5.41, 5.74) is 2.82. The number of aromatic hydroxyl groups is 1. The first-order chi connectivity index (χ1) is 10.1. The summed E-state index contributed by atoms with van der Waals surface area (Å²) in [5.74, 6) is -1.20. The molecule has 6 nitrogen and oxygen atoms in total. The van der Waals surface area contributed by atoms with E-state index < -0.39 is 5.97 Å². The molecule has 0 saturated carbocycles. The van der Waals surface area contributed by atoms with Gasteiger partial charge in [0.2, 0.25) is 5.88 Å². The molecular weight excluding hydrogens is 316 g/mol. The molecule has 2 heterocycles. The van der Waals surface area contributed by atoms with Crippen LogP contribution in [0.3, 0.4) is 0 Å². The third-order valence-electron chi connectivity index (χ3n) is 3.28. The summed E-state index contributed by atoms with van der Waals surface area (Å²) in [7, 11) is 0. The number of benzene rings is 1. The van der Waals surface area contributed by atoms with E-state index in [4.69, 9.17) is 5.11 Å². The van der Waals surface area contributed by atoms with Crippen LogP contribution >= 0.6 is 0 Å². The molecule has 23 heavy (non-hydrogen) atoms. The zero-order chi connectivity index (χ0) is 15.0. The molecule has 2 N–H and O–H groups in total. The van der Waals surface area contributed by atoms with Crippen LogP contribution in [0.2, 0.25) is 0 Å². The van der Waals surface area contributed by atoms with Crippen molar-refractivity contribution in [2.24, 2.45) is 0 Å². The Hall–Kier alpha value is -0.890. The van der Waals surface area contributed by atoms with Gasteiger partial charge in [-0.25, -0.2) is 4.98 Å². The molecule has 1 aromatic carbocycles. The molecule has 2 aromatic heterocycles. The van der Waals surface area contributed by atoms with E-state index in [1.54, 1.807) is 13.0 Å². The van der Waals surface area contributed by atoms with Crippen molar-refractivity contribution in [3.8, 4) is 17.1 Å². The van der Waals surface area contributed by atoms with Gasteiger partial charge < -0.3 is 10.2 Å². The standard InChI is InChI=1S/C15H13N3O3.2Na.2H/c1-9-11(7-14(19)20)15(21)18-13(16-9)8-12(17-18)10-5-3-2-4-6-10;;;;/h2-6,8,21H,7H2,1H3,(H,19,20);;;;. The van der Waals surface area contributed by atoms with Gasteiger partial charge in [0.15, 0.2) is 5.65 Å². The van der Waals surface area contributed by atoms with E-state index in [0.717, 1.165) is 5.56 Å². The van der Waals surface area contributed by atoms with E-state index in [9.17, 15) is 9.90 Å². The molecule has 110 valence electrons. The zero-order valence-corrected chi connectivity index (χ0v) is 11.3. The monoisotopic (exact) mass is 331 g/mol. The molecular formula is C15H15N3Na2O3. The molecule has 0 spiro atoms. The fourth-order valence-corrected chi connectivity index (χ4v) is 2.24. The van der Waals surface area contributed by atoms with Crippen molar-refractivity contribution >= 4 is 70.7 Å². The summed E-state index contributed by atoms with van der Waals surface area (Å²) in [6, 6.07) is 11.3. The van der Waals surface area contributed by atoms with Crippen LogP contribution in [0.5, 0.6) is 5.88 Å². The first kappa shape index (κ1) is 20.2. The third-order valence-corrected chi connectivity index (χ3v) is 3.28. The van der Waals surface area contributed by atoms with Gasteiger partial charge in [0.25, 0.3) is 0 Å². The first-order valence-corrected chi connectivity index (χ1v) is 6.41. The Morgan fingerprint density at radius 3 is 2.48 bits per heavy atom. The number of carboxylic acids is 1. The van der Waals surface area contributed by atoms with E-state index in [2.05, 4.69) is 10.1 Å². The third kappa shape index (κ3) is 4.15. The van der Waals surface area contributed by atoms with E-state index in [1.807, 2.05) is 30.3 Å². The minimum atomic E-state index is -1.02. The number of carbonyl (C=O) groups is 1. The van der Waals surface area contributed by atoms with E-state index >= 15 is 0 Å². The molecule has 0 aliphatic heterocycles. The van der Waals surface area contributed by atoms with Crippen molar-refractivity contribution < 1.29 is 15.0 Å². The SMILES string of the molecule is Cc1nc2cc(-c3ccccc3)nn2c(O)c1CC(=O)O.[NaH].[NaH]. The Labute approximate surface area is 177 Å². The van der Waals surface area contributed by atoms with Crippen molar-refractivity contribution in [3.05, 3.63) is 47.7 Å². The number of hydrogen-bond acceptors (Lipinski definition) is 4. The number of aromatic nitrogens is 3. The van der Waals surface area contributed by atoms with Gasteiger partial charge in [-0.05, 0) is 6.92 Å². The van der Waals surface area contributed by atoms with Crippen molar-refractivity contribution in [3.63, 3.8) is 0 Å². The first-order valence-electron chi connectivity index (χ1n) is 6.41. The molecule has 0 saturated heterocycles. The Morgan fingerprint density at radius 1 is 1.22 bits per heavy atom. The van der Waals surface area contributed by atoms with Crippen LogP contribution in [0, 0.1) is 6.92 Å². The summed E-state index contributed by atoms with van der Waals surface area (Å²) in [6.07, 6.45) is -0.291. The molecule has 3 rings (SSSR count). The van der Waals surface area contributed by atoms with Crippen molar-refractivity contribution in [1.82, 2.24) is 14.6 Å². The summed E-state index contributed by atoms with van der Waals surface area (Å²) in [5, 5.41) is 23.4. The van der Waals surface area contributed by atoms with Gasteiger partial charge in [-0.15, -0.1) is 0 Å². The fraction of sp³-hybridized carbons (Fsp3) is 0.133. The number of aryl methyl sites for hydroxylation is 1. The number of fused-ring (bicyclic) bond motifs is 1. The molecule has 0 amide bonds.